The summed E-state index contributed by atoms with van der Waals surface area (Å²) in [4.78, 5) is 16.1. The molecule has 1 fully saturated rings. The Balaban J connectivity index is 1.40. The standard InChI is InChI=1S/C16H23N7O/c24-16(20-8-7-19-14-4-2-6-18-10-14)15-12-23(22-21-15)11-13-3-1-5-17-9-13/h2,4,6,10,12-13,17,19H,1,3,5,7-9,11H2,(H,20,24)/t13-/m0/s1. The maximum absolute atomic E-state index is 12.1. The zero-order valence-electron chi connectivity index (χ0n) is 13.6. The fourth-order valence-corrected chi connectivity index (χ4v) is 2.78. The summed E-state index contributed by atoms with van der Waals surface area (Å²) < 4.78 is 1.76. The van der Waals surface area contributed by atoms with Crippen molar-refractivity contribution in [1.82, 2.24) is 30.6 Å². The van der Waals surface area contributed by atoms with Crippen LogP contribution in [0, 0.1) is 5.92 Å². The predicted molar refractivity (Wildman–Crippen MR) is 90.7 cm³/mol. The summed E-state index contributed by atoms with van der Waals surface area (Å²) in [5.74, 6) is 0.357. The quantitative estimate of drug-likeness (QED) is 0.641. The highest BCUT2D eigenvalue weighted by Crippen LogP contribution is 2.11. The topological polar surface area (TPSA) is 96.8 Å². The van der Waals surface area contributed by atoms with E-state index in [9.17, 15) is 4.79 Å². The van der Waals surface area contributed by atoms with Crippen molar-refractivity contribution in [3.05, 3.63) is 36.4 Å². The molecule has 8 heteroatoms. The number of anilines is 1. The maximum Gasteiger partial charge on any atom is 0.273 e. The van der Waals surface area contributed by atoms with E-state index >= 15 is 0 Å². The first-order chi connectivity index (χ1) is 11.8. The van der Waals surface area contributed by atoms with Gasteiger partial charge in [-0.05, 0) is 44.0 Å². The maximum atomic E-state index is 12.1. The van der Waals surface area contributed by atoms with Crippen LogP contribution in [-0.2, 0) is 6.54 Å². The molecule has 0 spiro atoms. The number of amides is 1. The summed E-state index contributed by atoms with van der Waals surface area (Å²) in [6.07, 6.45) is 7.57. The van der Waals surface area contributed by atoms with Crippen LogP contribution in [0.5, 0.6) is 0 Å². The zero-order chi connectivity index (χ0) is 16.6. The lowest BCUT2D eigenvalue weighted by molar-refractivity contribution is 0.0950. The van der Waals surface area contributed by atoms with E-state index in [1.165, 1.54) is 12.8 Å². The van der Waals surface area contributed by atoms with Crippen molar-refractivity contribution in [1.29, 1.82) is 0 Å². The van der Waals surface area contributed by atoms with E-state index in [4.69, 9.17) is 0 Å². The van der Waals surface area contributed by atoms with Crippen LogP contribution >= 0.6 is 0 Å². The SMILES string of the molecule is O=C(NCCNc1cccnc1)c1cn(C[C@H]2CCCNC2)nn1. The van der Waals surface area contributed by atoms with Gasteiger partial charge in [0.25, 0.3) is 5.91 Å². The van der Waals surface area contributed by atoms with Gasteiger partial charge in [0.15, 0.2) is 5.69 Å². The van der Waals surface area contributed by atoms with Crippen LogP contribution in [0.4, 0.5) is 5.69 Å². The summed E-state index contributed by atoms with van der Waals surface area (Å²) in [6.45, 7) is 4.03. The van der Waals surface area contributed by atoms with E-state index in [-0.39, 0.29) is 5.91 Å². The molecular formula is C16H23N7O. The van der Waals surface area contributed by atoms with Crippen molar-refractivity contribution >= 4 is 11.6 Å². The fraction of sp³-hybridized carbons (Fsp3) is 0.500. The Bertz CT molecular complexity index is 637. The molecule has 128 valence electrons. The van der Waals surface area contributed by atoms with Crippen molar-refractivity contribution in [2.24, 2.45) is 5.92 Å². The molecule has 3 rings (SSSR count). The molecule has 1 amide bonds. The number of piperidine rings is 1. The van der Waals surface area contributed by atoms with E-state index < -0.39 is 0 Å². The van der Waals surface area contributed by atoms with Crippen molar-refractivity contribution in [2.45, 2.75) is 19.4 Å². The minimum Gasteiger partial charge on any atom is -0.382 e. The molecule has 3 heterocycles. The third kappa shape index (κ3) is 4.76. The van der Waals surface area contributed by atoms with E-state index in [1.54, 1.807) is 23.3 Å². The predicted octanol–water partition coefficient (Wildman–Crippen LogP) is 0.515. The molecule has 0 bridgehead atoms. The Morgan fingerprint density at radius 3 is 3.17 bits per heavy atom. The minimum atomic E-state index is -0.198. The molecule has 8 nitrogen and oxygen atoms in total. The largest absolute Gasteiger partial charge is 0.382 e. The second kappa shape index (κ2) is 8.39. The van der Waals surface area contributed by atoms with Crippen LogP contribution < -0.4 is 16.0 Å². The van der Waals surface area contributed by atoms with Crippen molar-refractivity contribution in [2.75, 3.05) is 31.5 Å². The zero-order valence-corrected chi connectivity index (χ0v) is 13.6. The van der Waals surface area contributed by atoms with Crippen LogP contribution in [-0.4, -0.2) is 52.1 Å². The molecule has 0 saturated carbocycles. The van der Waals surface area contributed by atoms with Gasteiger partial charge in [0.05, 0.1) is 11.9 Å². The summed E-state index contributed by atoms with van der Waals surface area (Å²) in [5.41, 5.74) is 1.29. The number of carbonyl (C=O) groups is 1. The summed E-state index contributed by atoms with van der Waals surface area (Å²) in [7, 11) is 0. The molecule has 3 N–H and O–H groups in total. The van der Waals surface area contributed by atoms with Crippen LogP contribution in [0.1, 0.15) is 23.3 Å². The van der Waals surface area contributed by atoms with Crippen LogP contribution in [0.15, 0.2) is 30.7 Å². The van der Waals surface area contributed by atoms with E-state index in [1.807, 2.05) is 12.1 Å². The molecule has 2 aromatic heterocycles. The third-order valence-electron chi connectivity index (χ3n) is 4.02. The molecule has 1 aliphatic heterocycles. The van der Waals surface area contributed by atoms with Crippen LogP contribution in [0.3, 0.4) is 0 Å². The molecule has 0 aromatic carbocycles. The van der Waals surface area contributed by atoms with Gasteiger partial charge in [-0.3, -0.25) is 14.5 Å². The van der Waals surface area contributed by atoms with Crippen LogP contribution in [0.25, 0.3) is 0 Å². The molecule has 0 radical (unpaired) electrons. The number of nitrogens with one attached hydrogen (secondary N) is 3. The smallest absolute Gasteiger partial charge is 0.273 e. The Kier molecular flexibility index (Phi) is 5.73. The number of aromatic nitrogens is 4. The van der Waals surface area contributed by atoms with Crippen molar-refractivity contribution in [3.8, 4) is 0 Å². The number of nitrogens with zero attached hydrogens (tertiary/aromatic N) is 4. The number of rotatable bonds is 7. The van der Waals surface area contributed by atoms with Gasteiger partial charge in [-0.1, -0.05) is 5.21 Å². The highest BCUT2D eigenvalue weighted by atomic mass is 16.2. The monoisotopic (exact) mass is 329 g/mol. The van der Waals surface area contributed by atoms with Gasteiger partial charge >= 0.3 is 0 Å². The number of carbonyl (C=O) groups excluding carboxylic acids is 1. The fourth-order valence-electron chi connectivity index (χ4n) is 2.78. The lowest BCUT2D eigenvalue weighted by atomic mass is 10.00. The summed E-state index contributed by atoms with van der Waals surface area (Å²) in [6, 6.07) is 3.79. The molecule has 1 saturated heterocycles. The Hall–Kier alpha value is -2.48. The van der Waals surface area contributed by atoms with Gasteiger partial charge in [0, 0.05) is 32.0 Å². The first kappa shape index (κ1) is 16.4. The van der Waals surface area contributed by atoms with E-state index in [2.05, 4.69) is 31.2 Å². The van der Waals surface area contributed by atoms with E-state index in [0.717, 1.165) is 25.3 Å². The van der Waals surface area contributed by atoms with E-state index in [0.29, 0.717) is 24.7 Å². The molecule has 0 aliphatic carbocycles. The second-order valence-electron chi connectivity index (χ2n) is 5.96. The molecule has 1 atom stereocenters. The Morgan fingerprint density at radius 1 is 1.42 bits per heavy atom. The Labute approximate surface area is 141 Å². The average Bonchev–Trinajstić information content (AvgIpc) is 3.09. The first-order valence-electron chi connectivity index (χ1n) is 8.34. The molecule has 1 aliphatic rings. The van der Waals surface area contributed by atoms with Crippen molar-refractivity contribution < 1.29 is 4.79 Å². The Morgan fingerprint density at radius 2 is 2.38 bits per heavy atom. The first-order valence-corrected chi connectivity index (χ1v) is 8.34. The number of hydrogen-bond acceptors (Lipinski definition) is 6. The number of hydrogen-bond donors (Lipinski definition) is 3. The van der Waals surface area contributed by atoms with Crippen molar-refractivity contribution in [3.63, 3.8) is 0 Å². The lowest BCUT2D eigenvalue weighted by Gasteiger charge is -2.22. The van der Waals surface area contributed by atoms with Gasteiger partial charge in [0.1, 0.15) is 0 Å². The highest BCUT2D eigenvalue weighted by molar-refractivity contribution is 5.91. The summed E-state index contributed by atoms with van der Waals surface area (Å²) >= 11 is 0. The highest BCUT2D eigenvalue weighted by Gasteiger charge is 2.16. The second-order valence-corrected chi connectivity index (χ2v) is 5.96. The molecule has 24 heavy (non-hydrogen) atoms. The van der Waals surface area contributed by atoms with Crippen LogP contribution in [0.2, 0.25) is 0 Å². The minimum absolute atomic E-state index is 0.198. The lowest BCUT2D eigenvalue weighted by Crippen LogP contribution is -2.32. The van der Waals surface area contributed by atoms with Gasteiger partial charge < -0.3 is 16.0 Å². The van der Waals surface area contributed by atoms with Gasteiger partial charge in [-0.15, -0.1) is 5.10 Å². The molecular weight excluding hydrogens is 306 g/mol. The third-order valence-corrected chi connectivity index (χ3v) is 4.02. The normalized spacial score (nSPS) is 17.4. The van der Waals surface area contributed by atoms with Gasteiger partial charge in [-0.25, -0.2) is 0 Å². The van der Waals surface area contributed by atoms with Gasteiger partial charge in [-0.2, -0.15) is 0 Å². The summed E-state index contributed by atoms with van der Waals surface area (Å²) in [5, 5.41) is 17.4. The average molecular weight is 329 g/mol. The molecule has 0 unspecified atom stereocenters. The number of pyridine rings is 1. The molecule has 2 aromatic rings. The van der Waals surface area contributed by atoms with Gasteiger partial charge in [0.2, 0.25) is 0 Å².